The molecule has 94 valence electrons. The van der Waals surface area contributed by atoms with E-state index in [9.17, 15) is 9.59 Å². The molecule has 1 aromatic rings. The minimum absolute atomic E-state index is 0.114. The van der Waals surface area contributed by atoms with Crippen molar-refractivity contribution in [1.82, 2.24) is 10.2 Å². The minimum atomic E-state index is -0.492. The summed E-state index contributed by atoms with van der Waals surface area (Å²) >= 11 is 0. The van der Waals surface area contributed by atoms with Crippen LogP contribution < -0.4 is 5.32 Å². The summed E-state index contributed by atoms with van der Waals surface area (Å²) in [5.41, 5.74) is 0. The van der Waals surface area contributed by atoms with Gasteiger partial charge in [-0.25, -0.2) is 0 Å². The van der Waals surface area contributed by atoms with Crippen molar-refractivity contribution in [3.63, 3.8) is 0 Å². The number of carbonyl (C=O) groups is 2. The van der Waals surface area contributed by atoms with Crippen molar-refractivity contribution in [3.8, 4) is 0 Å². The van der Waals surface area contributed by atoms with Gasteiger partial charge in [0.1, 0.15) is 11.8 Å². The number of furan rings is 1. The standard InChI is InChI=1S/C12H18N2O3/c1-9(12(16)14(2)3)13-11(15)7-6-10-5-4-8-17-10/h4-5,8-9H,6-7H2,1-3H3,(H,13,15)/t9-/m1/s1. The van der Waals surface area contributed by atoms with E-state index in [1.807, 2.05) is 6.07 Å². The molecular formula is C12H18N2O3. The van der Waals surface area contributed by atoms with Crippen molar-refractivity contribution in [2.24, 2.45) is 0 Å². The highest BCUT2D eigenvalue weighted by molar-refractivity contribution is 5.87. The van der Waals surface area contributed by atoms with Crippen LogP contribution in [0.4, 0.5) is 0 Å². The predicted octanol–water partition coefficient (Wildman–Crippen LogP) is 0.805. The molecule has 0 spiro atoms. The van der Waals surface area contributed by atoms with Gasteiger partial charge >= 0.3 is 0 Å². The molecule has 0 saturated carbocycles. The lowest BCUT2D eigenvalue weighted by Crippen LogP contribution is -2.44. The van der Waals surface area contributed by atoms with E-state index in [0.29, 0.717) is 12.8 Å². The van der Waals surface area contributed by atoms with Crippen LogP contribution in [0.5, 0.6) is 0 Å². The fourth-order valence-electron chi connectivity index (χ4n) is 1.45. The maximum Gasteiger partial charge on any atom is 0.244 e. The van der Waals surface area contributed by atoms with Crippen LogP contribution in [0.15, 0.2) is 22.8 Å². The smallest absolute Gasteiger partial charge is 0.244 e. The Morgan fingerprint density at radius 1 is 1.47 bits per heavy atom. The highest BCUT2D eigenvalue weighted by Crippen LogP contribution is 2.03. The van der Waals surface area contributed by atoms with Crippen LogP contribution in [-0.2, 0) is 16.0 Å². The summed E-state index contributed by atoms with van der Waals surface area (Å²) in [6.07, 6.45) is 2.44. The molecule has 0 aliphatic heterocycles. The summed E-state index contributed by atoms with van der Waals surface area (Å²) < 4.78 is 5.12. The van der Waals surface area contributed by atoms with Crippen molar-refractivity contribution in [2.75, 3.05) is 14.1 Å². The van der Waals surface area contributed by atoms with Crippen LogP contribution in [0.25, 0.3) is 0 Å². The largest absolute Gasteiger partial charge is 0.469 e. The molecule has 17 heavy (non-hydrogen) atoms. The Balaban J connectivity index is 2.32. The fraction of sp³-hybridized carbons (Fsp3) is 0.500. The normalized spacial score (nSPS) is 11.9. The lowest BCUT2D eigenvalue weighted by Gasteiger charge is -2.17. The van der Waals surface area contributed by atoms with E-state index in [1.54, 1.807) is 33.3 Å². The summed E-state index contributed by atoms with van der Waals surface area (Å²) in [6.45, 7) is 1.67. The summed E-state index contributed by atoms with van der Waals surface area (Å²) in [7, 11) is 3.32. The molecule has 0 unspecified atom stereocenters. The Hall–Kier alpha value is -1.78. The molecule has 5 nitrogen and oxygen atoms in total. The Labute approximate surface area is 101 Å². The van der Waals surface area contributed by atoms with Crippen molar-refractivity contribution in [3.05, 3.63) is 24.2 Å². The van der Waals surface area contributed by atoms with Gasteiger partial charge in [-0.2, -0.15) is 0 Å². The second-order valence-corrected chi connectivity index (χ2v) is 4.10. The van der Waals surface area contributed by atoms with E-state index in [1.165, 1.54) is 4.90 Å². The van der Waals surface area contributed by atoms with E-state index in [-0.39, 0.29) is 11.8 Å². The number of carbonyl (C=O) groups excluding carboxylic acids is 2. The highest BCUT2D eigenvalue weighted by atomic mass is 16.3. The number of nitrogens with one attached hydrogen (secondary N) is 1. The summed E-state index contributed by atoms with van der Waals surface area (Å²) in [4.78, 5) is 24.5. The first kappa shape index (κ1) is 13.3. The number of rotatable bonds is 5. The van der Waals surface area contributed by atoms with Crippen molar-refractivity contribution in [2.45, 2.75) is 25.8 Å². The predicted molar refractivity (Wildman–Crippen MR) is 63.3 cm³/mol. The Morgan fingerprint density at radius 3 is 2.71 bits per heavy atom. The van der Waals surface area contributed by atoms with Crippen LogP contribution in [-0.4, -0.2) is 36.9 Å². The first-order chi connectivity index (χ1) is 8.00. The van der Waals surface area contributed by atoms with Crippen LogP contribution in [0.1, 0.15) is 19.1 Å². The number of likely N-dealkylation sites (N-methyl/N-ethyl adjacent to an activating group) is 1. The van der Waals surface area contributed by atoms with Gasteiger partial charge in [0.2, 0.25) is 11.8 Å². The van der Waals surface area contributed by atoms with Crippen molar-refractivity contribution in [1.29, 1.82) is 0 Å². The lowest BCUT2D eigenvalue weighted by atomic mass is 10.2. The molecule has 1 heterocycles. The van der Waals surface area contributed by atoms with Gasteiger partial charge in [0.05, 0.1) is 6.26 Å². The molecule has 0 radical (unpaired) electrons. The molecule has 2 amide bonds. The van der Waals surface area contributed by atoms with E-state index in [4.69, 9.17) is 4.42 Å². The second-order valence-electron chi connectivity index (χ2n) is 4.10. The Morgan fingerprint density at radius 2 is 2.18 bits per heavy atom. The van der Waals surface area contributed by atoms with E-state index >= 15 is 0 Å². The zero-order valence-corrected chi connectivity index (χ0v) is 10.4. The summed E-state index contributed by atoms with van der Waals surface area (Å²) in [5.74, 6) is 0.507. The van der Waals surface area contributed by atoms with Gasteiger partial charge in [-0.15, -0.1) is 0 Å². The number of hydrogen-bond donors (Lipinski definition) is 1. The summed E-state index contributed by atoms with van der Waals surface area (Å²) in [5, 5.41) is 2.65. The van der Waals surface area contributed by atoms with Gasteiger partial charge in [-0.05, 0) is 19.1 Å². The number of amides is 2. The monoisotopic (exact) mass is 238 g/mol. The number of aryl methyl sites for hydroxylation is 1. The number of nitrogens with zero attached hydrogens (tertiary/aromatic N) is 1. The SMILES string of the molecule is C[C@@H](NC(=O)CCc1ccco1)C(=O)N(C)C. The molecule has 0 saturated heterocycles. The molecule has 1 aromatic heterocycles. The first-order valence-corrected chi connectivity index (χ1v) is 5.53. The molecule has 5 heteroatoms. The van der Waals surface area contributed by atoms with Gasteiger partial charge in [-0.1, -0.05) is 0 Å². The summed E-state index contributed by atoms with van der Waals surface area (Å²) in [6, 6.07) is 3.11. The van der Waals surface area contributed by atoms with Crippen molar-refractivity contribution >= 4 is 11.8 Å². The van der Waals surface area contributed by atoms with Crippen LogP contribution in [0.3, 0.4) is 0 Å². The van der Waals surface area contributed by atoms with E-state index < -0.39 is 6.04 Å². The molecule has 0 aliphatic rings. The van der Waals surface area contributed by atoms with Crippen LogP contribution in [0.2, 0.25) is 0 Å². The van der Waals surface area contributed by atoms with Gasteiger partial charge in [0.15, 0.2) is 0 Å². The third-order valence-electron chi connectivity index (χ3n) is 2.37. The van der Waals surface area contributed by atoms with Crippen LogP contribution >= 0.6 is 0 Å². The topological polar surface area (TPSA) is 62.6 Å². The molecule has 1 atom stereocenters. The Kier molecular flexibility index (Phi) is 4.75. The van der Waals surface area contributed by atoms with Gasteiger partial charge in [0.25, 0.3) is 0 Å². The van der Waals surface area contributed by atoms with E-state index in [0.717, 1.165) is 5.76 Å². The van der Waals surface area contributed by atoms with Gasteiger partial charge in [0, 0.05) is 26.9 Å². The maximum absolute atomic E-state index is 11.6. The highest BCUT2D eigenvalue weighted by Gasteiger charge is 2.16. The number of hydrogen-bond acceptors (Lipinski definition) is 3. The second kappa shape index (κ2) is 6.08. The van der Waals surface area contributed by atoms with Crippen molar-refractivity contribution < 1.29 is 14.0 Å². The molecule has 0 aliphatic carbocycles. The minimum Gasteiger partial charge on any atom is -0.469 e. The molecule has 1 N–H and O–H groups in total. The fourth-order valence-corrected chi connectivity index (χ4v) is 1.45. The Bertz CT molecular complexity index is 371. The van der Waals surface area contributed by atoms with E-state index in [2.05, 4.69) is 5.32 Å². The lowest BCUT2D eigenvalue weighted by molar-refractivity contribution is -0.133. The first-order valence-electron chi connectivity index (χ1n) is 5.53. The maximum atomic E-state index is 11.6. The molecule has 0 bridgehead atoms. The van der Waals surface area contributed by atoms with Crippen LogP contribution in [0, 0.1) is 0 Å². The average Bonchev–Trinajstić information content (AvgIpc) is 2.77. The quantitative estimate of drug-likeness (QED) is 0.825. The third-order valence-corrected chi connectivity index (χ3v) is 2.37. The molecule has 1 rings (SSSR count). The molecule has 0 aromatic carbocycles. The zero-order chi connectivity index (χ0) is 12.8. The van der Waals surface area contributed by atoms with Gasteiger partial charge in [-0.3, -0.25) is 9.59 Å². The molecular weight excluding hydrogens is 220 g/mol. The zero-order valence-electron chi connectivity index (χ0n) is 10.4. The molecule has 0 fully saturated rings. The average molecular weight is 238 g/mol. The van der Waals surface area contributed by atoms with Gasteiger partial charge < -0.3 is 14.6 Å². The third kappa shape index (κ3) is 4.30.